The molecule has 1 aromatic carbocycles. The highest BCUT2D eigenvalue weighted by molar-refractivity contribution is 6.04. The van der Waals surface area contributed by atoms with Gasteiger partial charge in [-0.3, -0.25) is 10.2 Å². The van der Waals surface area contributed by atoms with Gasteiger partial charge in [0.1, 0.15) is 23.0 Å². The molecular weight excluding hydrogens is 318 g/mol. The fourth-order valence-electron chi connectivity index (χ4n) is 2.92. The van der Waals surface area contributed by atoms with Gasteiger partial charge in [0.05, 0.1) is 18.8 Å². The Morgan fingerprint density at radius 3 is 2.80 bits per heavy atom. The van der Waals surface area contributed by atoms with Gasteiger partial charge in [0, 0.05) is 17.7 Å². The molecule has 1 aromatic heterocycles. The van der Waals surface area contributed by atoms with E-state index in [2.05, 4.69) is 4.98 Å². The highest BCUT2D eigenvalue weighted by atomic mass is 16.5. The third-order valence-electron chi connectivity index (χ3n) is 4.30. The van der Waals surface area contributed by atoms with Crippen molar-refractivity contribution in [2.24, 2.45) is 0 Å². The van der Waals surface area contributed by atoms with E-state index >= 15 is 0 Å². The molecule has 0 fully saturated rings. The number of nitrogens with one attached hydrogen (secondary N) is 1. The van der Waals surface area contributed by atoms with Crippen molar-refractivity contribution < 1.29 is 14.6 Å². The molecule has 1 aliphatic rings. The first-order valence-corrected chi connectivity index (χ1v) is 8.20. The van der Waals surface area contributed by atoms with Gasteiger partial charge in [-0.05, 0) is 50.6 Å². The summed E-state index contributed by atoms with van der Waals surface area (Å²) in [7, 11) is 0. The number of ether oxygens (including phenoxy) is 1. The molecule has 0 aliphatic carbocycles. The lowest BCUT2D eigenvalue weighted by Crippen LogP contribution is -2.30. The molecular formula is C19H21N3O3. The van der Waals surface area contributed by atoms with Crippen molar-refractivity contribution in [2.75, 3.05) is 13.2 Å². The Morgan fingerprint density at radius 1 is 1.36 bits per heavy atom. The average molecular weight is 339 g/mol. The summed E-state index contributed by atoms with van der Waals surface area (Å²) in [5.74, 6) is 1.05. The zero-order valence-corrected chi connectivity index (χ0v) is 14.6. The van der Waals surface area contributed by atoms with E-state index in [4.69, 9.17) is 10.1 Å². The second-order valence-electron chi connectivity index (χ2n) is 6.14. The lowest BCUT2D eigenvalue weighted by molar-refractivity contribution is 0.0962. The molecule has 0 atom stereocenters. The highest BCUT2D eigenvalue weighted by Gasteiger charge is 2.28. The molecule has 130 valence electrons. The zero-order chi connectivity index (χ0) is 18.1. The summed E-state index contributed by atoms with van der Waals surface area (Å²) in [4.78, 5) is 18.7. The van der Waals surface area contributed by atoms with Crippen molar-refractivity contribution in [3.05, 3.63) is 52.3 Å². The van der Waals surface area contributed by atoms with Crippen molar-refractivity contribution in [2.45, 2.75) is 27.3 Å². The minimum atomic E-state index is -0.0950. The number of pyridine rings is 1. The molecule has 0 radical (unpaired) electrons. The number of aromatic nitrogens is 1. The van der Waals surface area contributed by atoms with Crippen molar-refractivity contribution in [1.29, 1.82) is 5.41 Å². The number of nitrogens with zero attached hydrogens (tertiary/aromatic N) is 2. The number of phenols is 1. The van der Waals surface area contributed by atoms with E-state index < -0.39 is 0 Å². The van der Waals surface area contributed by atoms with Crippen LogP contribution in [0.15, 0.2) is 24.3 Å². The van der Waals surface area contributed by atoms with Gasteiger partial charge in [-0.1, -0.05) is 0 Å². The molecule has 2 heterocycles. The van der Waals surface area contributed by atoms with Gasteiger partial charge >= 0.3 is 0 Å². The number of rotatable bonds is 5. The molecule has 0 spiro atoms. The lowest BCUT2D eigenvalue weighted by atomic mass is 10.1. The zero-order valence-electron chi connectivity index (χ0n) is 14.6. The number of carbonyl (C=O) groups excluding carboxylic acids is 1. The van der Waals surface area contributed by atoms with Gasteiger partial charge in [0.25, 0.3) is 0 Å². The summed E-state index contributed by atoms with van der Waals surface area (Å²) in [5.41, 5.74) is 3.43. The molecule has 0 saturated carbocycles. The van der Waals surface area contributed by atoms with E-state index in [1.165, 1.54) is 6.07 Å². The number of fused-ring (bicyclic) bond motifs is 1. The maximum absolute atomic E-state index is 12.5. The largest absolute Gasteiger partial charge is 0.508 e. The van der Waals surface area contributed by atoms with Crippen LogP contribution >= 0.6 is 0 Å². The first kappa shape index (κ1) is 17.0. The lowest BCUT2D eigenvalue weighted by Gasteiger charge is -2.16. The van der Waals surface area contributed by atoms with E-state index in [0.29, 0.717) is 30.0 Å². The Labute approximate surface area is 146 Å². The SMILES string of the molecule is CCOc1cc2c(nc1C)C(=N)N(CC(=O)c1ccc(O)c(C)c1)C2. The molecule has 6 nitrogen and oxygen atoms in total. The van der Waals surface area contributed by atoms with Crippen molar-refractivity contribution >= 4 is 11.6 Å². The average Bonchev–Trinajstić information content (AvgIpc) is 2.86. The van der Waals surface area contributed by atoms with Crippen molar-refractivity contribution in [1.82, 2.24) is 9.88 Å². The van der Waals surface area contributed by atoms with Crippen LogP contribution in [0.1, 0.15) is 39.8 Å². The Kier molecular flexibility index (Phi) is 4.44. The van der Waals surface area contributed by atoms with E-state index in [0.717, 1.165) is 17.0 Å². The van der Waals surface area contributed by atoms with Gasteiger partial charge in [-0.25, -0.2) is 4.98 Å². The molecule has 2 aromatic rings. The van der Waals surface area contributed by atoms with Crippen LogP contribution in [0.3, 0.4) is 0 Å². The molecule has 0 bridgehead atoms. The van der Waals surface area contributed by atoms with Crippen LogP contribution in [0.4, 0.5) is 0 Å². The van der Waals surface area contributed by atoms with Crippen LogP contribution in [0, 0.1) is 19.3 Å². The molecule has 6 heteroatoms. The first-order chi connectivity index (χ1) is 11.9. The minimum Gasteiger partial charge on any atom is -0.508 e. The minimum absolute atomic E-state index is 0.0950. The molecule has 2 N–H and O–H groups in total. The summed E-state index contributed by atoms with van der Waals surface area (Å²) < 4.78 is 5.57. The molecule has 0 amide bonds. The number of hydrogen-bond donors (Lipinski definition) is 2. The van der Waals surface area contributed by atoms with Gasteiger partial charge in [-0.15, -0.1) is 0 Å². The standard InChI is InChI=1S/C19H21N3O3/c1-4-25-17-8-14-9-22(19(20)18(14)21-12(17)3)10-16(24)13-5-6-15(23)11(2)7-13/h5-8,20,23H,4,9-10H2,1-3H3. The topological polar surface area (TPSA) is 86.5 Å². The number of amidine groups is 1. The highest BCUT2D eigenvalue weighted by Crippen LogP contribution is 2.27. The van der Waals surface area contributed by atoms with E-state index in [1.807, 2.05) is 19.9 Å². The Balaban J connectivity index is 1.79. The molecule has 1 aliphatic heterocycles. The fourth-order valence-corrected chi connectivity index (χ4v) is 2.92. The second-order valence-corrected chi connectivity index (χ2v) is 6.14. The van der Waals surface area contributed by atoms with Gasteiger partial charge in [0.2, 0.25) is 0 Å². The number of Topliss-reactive ketones (excluding diaryl/α,β-unsaturated/α-hetero) is 1. The normalized spacial score (nSPS) is 13.1. The first-order valence-electron chi connectivity index (χ1n) is 8.20. The summed E-state index contributed by atoms with van der Waals surface area (Å²) in [6.45, 7) is 6.64. The van der Waals surface area contributed by atoms with Gasteiger partial charge in [-0.2, -0.15) is 0 Å². The number of aryl methyl sites for hydroxylation is 2. The van der Waals surface area contributed by atoms with Crippen LogP contribution in [-0.2, 0) is 6.54 Å². The predicted octanol–water partition coefficient (Wildman–Crippen LogP) is 2.83. The van der Waals surface area contributed by atoms with Crippen molar-refractivity contribution in [3.8, 4) is 11.5 Å². The maximum Gasteiger partial charge on any atom is 0.182 e. The van der Waals surface area contributed by atoms with E-state index in [9.17, 15) is 9.90 Å². The smallest absolute Gasteiger partial charge is 0.182 e. The van der Waals surface area contributed by atoms with Crippen LogP contribution in [0.2, 0.25) is 0 Å². The summed E-state index contributed by atoms with van der Waals surface area (Å²) >= 11 is 0. The quantitative estimate of drug-likeness (QED) is 0.818. The number of hydrogen-bond acceptors (Lipinski definition) is 5. The summed E-state index contributed by atoms with van der Waals surface area (Å²) in [6, 6.07) is 6.70. The Morgan fingerprint density at radius 2 is 2.12 bits per heavy atom. The van der Waals surface area contributed by atoms with E-state index in [1.54, 1.807) is 24.0 Å². The third kappa shape index (κ3) is 3.20. The van der Waals surface area contributed by atoms with Crippen molar-refractivity contribution in [3.63, 3.8) is 0 Å². The van der Waals surface area contributed by atoms with Gasteiger partial charge in [0.15, 0.2) is 5.78 Å². The number of ketones is 1. The number of carbonyl (C=O) groups is 1. The van der Waals surface area contributed by atoms with Gasteiger partial charge < -0.3 is 14.7 Å². The maximum atomic E-state index is 12.5. The van der Waals surface area contributed by atoms with Crippen LogP contribution < -0.4 is 4.74 Å². The second kappa shape index (κ2) is 6.55. The van der Waals surface area contributed by atoms with Crippen LogP contribution in [0.5, 0.6) is 11.5 Å². The molecule has 25 heavy (non-hydrogen) atoms. The molecule has 0 saturated heterocycles. The fraction of sp³-hybridized carbons (Fsp3) is 0.316. The molecule has 3 rings (SSSR count). The molecule has 0 unspecified atom stereocenters. The Hall–Kier alpha value is -2.89. The van der Waals surface area contributed by atoms with E-state index in [-0.39, 0.29) is 23.9 Å². The third-order valence-corrected chi connectivity index (χ3v) is 4.30. The predicted molar refractivity (Wildman–Crippen MR) is 94.6 cm³/mol. The van der Waals surface area contributed by atoms with Crippen LogP contribution in [0.25, 0.3) is 0 Å². The van der Waals surface area contributed by atoms with Crippen LogP contribution in [-0.4, -0.2) is 39.8 Å². The number of benzene rings is 1. The Bertz CT molecular complexity index is 861. The number of aromatic hydroxyl groups is 1. The summed E-state index contributed by atoms with van der Waals surface area (Å²) in [5, 5.41) is 17.9. The monoisotopic (exact) mass is 339 g/mol. The number of phenolic OH excluding ortho intramolecular Hbond substituents is 1. The summed E-state index contributed by atoms with van der Waals surface area (Å²) in [6.07, 6.45) is 0.